The second kappa shape index (κ2) is 4.89. The van der Waals surface area contributed by atoms with Crippen molar-refractivity contribution in [1.29, 1.82) is 0 Å². The number of ether oxygens (including phenoxy) is 1. The van der Waals surface area contributed by atoms with Crippen molar-refractivity contribution in [3.8, 4) is 0 Å². The van der Waals surface area contributed by atoms with E-state index in [9.17, 15) is 0 Å². The van der Waals surface area contributed by atoms with E-state index < -0.39 is 0 Å². The highest BCUT2D eigenvalue weighted by atomic mass is 16.5. The fourth-order valence-corrected chi connectivity index (χ4v) is 3.99. The molecule has 98 valence electrons. The van der Waals surface area contributed by atoms with E-state index >= 15 is 0 Å². The van der Waals surface area contributed by atoms with E-state index in [1.54, 1.807) is 0 Å². The second-order valence-corrected chi connectivity index (χ2v) is 6.57. The minimum Gasteiger partial charge on any atom is -0.375 e. The predicted octanol–water partition coefficient (Wildman–Crippen LogP) is 3.26. The zero-order valence-corrected chi connectivity index (χ0v) is 11.2. The lowest BCUT2D eigenvalue weighted by atomic mass is 9.79. The van der Waals surface area contributed by atoms with Crippen LogP contribution in [0.1, 0.15) is 64.7 Å². The van der Waals surface area contributed by atoms with Crippen molar-refractivity contribution < 1.29 is 4.74 Å². The molecule has 2 nitrogen and oxygen atoms in total. The number of nitrogens with one attached hydrogen (secondary N) is 1. The summed E-state index contributed by atoms with van der Waals surface area (Å²) in [5.41, 5.74) is 0.273. The van der Waals surface area contributed by atoms with Gasteiger partial charge in [0.15, 0.2) is 0 Å². The largest absolute Gasteiger partial charge is 0.375 e. The average molecular weight is 237 g/mol. The highest BCUT2D eigenvalue weighted by Gasteiger charge is 2.40. The van der Waals surface area contributed by atoms with Crippen molar-refractivity contribution in [3.63, 3.8) is 0 Å². The highest BCUT2D eigenvalue weighted by molar-refractivity contribution is 4.94. The monoisotopic (exact) mass is 237 g/mol. The molecular weight excluding hydrogens is 210 g/mol. The average Bonchev–Trinajstić information content (AvgIpc) is 2.63. The smallest absolute Gasteiger partial charge is 0.0697 e. The summed E-state index contributed by atoms with van der Waals surface area (Å²) in [7, 11) is 0. The molecule has 1 aliphatic heterocycles. The zero-order chi connectivity index (χ0) is 11.7. The van der Waals surface area contributed by atoms with Crippen LogP contribution in [0.4, 0.5) is 0 Å². The van der Waals surface area contributed by atoms with Gasteiger partial charge in [0, 0.05) is 18.7 Å². The molecule has 2 atom stereocenters. The number of hydrogen-bond acceptors (Lipinski definition) is 2. The molecule has 0 aromatic heterocycles. The van der Waals surface area contributed by atoms with Gasteiger partial charge in [-0.1, -0.05) is 19.3 Å². The minimum absolute atomic E-state index is 0.273. The van der Waals surface area contributed by atoms with Gasteiger partial charge in [0.1, 0.15) is 0 Å². The van der Waals surface area contributed by atoms with Crippen molar-refractivity contribution in [2.24, 2.45) is 5.92 Å². The Morgan fingerprint density at radius 2 is 1.88 bits per heavy atom. The summed E-state index contributed by atoms with van der Waals surface area (Å²) in [5.74, 6) is 0.956. The van der Waals surface area contributed by atoms with E-state index in [0.717, 1.165) is 24.6 Å². The normalized spacial score (nSPS) is 34.8. The van der Waals surface area contributed by atoms with Gasteiger partial charge in [0.2, 0.25) is 0 Å². The first-order valence-electron chi connectivity index (χ1n) is 7.67. The third-order valence-electron chi connectivity index (χ3n) is 5.36. The van der Waals surface area contributed by atoms with Gasteiger partial charge in [-0.15, -0.1) is 0 Å². The van der Waals surface area contributed by atoms with Crippen molar-refractivity contribution in [1.82, 2.24) is 5.32 Å². The maximum Gasteiger partial charge on any atom is 0.0697 e. The lowest BCUT2D eigenvalue weighted by Gasteiger charge is -2.41. The van der Waals surface area contributed by atoms with Crippen molar-refractivity contribution in [2.45, 2.75) is 82.4 Å². The van der Waals surface area contributed by atoms with Crippen molar-refractivity contribution in [2.75, 3.05) is 6.61 Å². The van der Waals surface area contributed by atoms with Gasteiger partial charge in [0.25, 0.3) is 0 Å². The van der Waals surface area contributed by atoms with Crippen LogP contribution in [-0.4, -0.2) is 24.3 Å². The molecule has 3 rings (SSSR count). The molecule has 2 heteroatoms. The van der Waals surface area contributed by atoms with Crippen LogP contribution in [0, 0.1) is 5.92 Å². The molecule has 0 aromatic rings. The zero-order valence-electron chi connectivity index (χ0n) is 11.2. The van der Waals surface area contributed by atoms with Crippen LogP contribution in [0.2, 0.25) is 0 Å². The molecule has 2 saturated carbocycles. The molecule has 17 heavy (non-hydrogen) atoms. The van der Waals surface area contributed by atoms with Crippen LogP contribution in [0.25, 0.3) is 0 Å². The second-order valence-electron chi connectivity index (χ2n) is 6.57. The quantitative estimate of drug-likeness (QED) is 0.813. The molecule has 0 aromatic carbocycles. The van der Waals surface area contributed by atoms with Gasteiger partial charge in [0.05, 0.1) is 5.60 Å². The topological polar surface area (TPSA) is 21.3 Å². The Kier molecular flexibility index (Phi) is 3.45. The van der Waals surface area contributed by atoms with E-state index in [0.29, 0.717) is 0 Å². The Labute approximate surface area is 105 Å². The molecule has 2 unspecified atom stereocenters. The standard InChI is InChI=1S/C15H27NO/c1-12(13-5-4-6-13)16-14-7-10-17-15(11-14)8-2-3-9-15/h12-14,16H,2-11H2,1H3. The molecule has 1 heterocycles. The molecule has 0 bridgehead atoms. The summed E-state index contributed by atoms with van der Waals surface area (Å²) in [6, 6.07) is 1.45. The first kappa shape index (κ1) is 12.0. The predicted molar refractivity (Wildman–Crippen MR) is 70.1 cm³/mol. The van der Waals surface area contributed by atoms with Gasteiger partial charge in [-0.3, -0.25) is 0 Å². The van der Waals surface area contributed by atoms with Crippen LogP contribution in [-0.2, 0) is 4.74 Å². The van der Waals surface area contributed by atoms with Crippen molar-refractivity contribution >= 4 is 0 Å². The summed E-state index contributed by atoms with van der Waals surface area (Å²) in [4.78, 5) is 0. The van der Waals surface area contributed by atoms with Gasteiger partial charge in [-0.25, -0.2) is 0 Å². The molecule has 0 amide bonds. The van der Waals surface area contributed by atoms with E-state index in [4.69, 9.17) is 4.74 Å². The maximum atomic E-state index is 6.10. The molecule has 0 radical (unpaired) electrons. The Bertz CT molecular complexity index is 256. The summed E-state index contributed by atoms with van der Waals surface area (Å²) in [6.45, 7) is 3.37. The number of rotatable bonds is 3. The van der Waals surface area contributed by atoms with Gasteiger partial charge in [-0.05, 0) is 51.4 Å². The lowest BCUT2D eigenvalue weighted by molar-refractivity contribution is -0.0855. The summed E-state index contributed by atoms with van der Waals surface area (Å²) >= 11 is 0. The Morgan fingerprint density at radius 3 is 2.53 bits per heavy atom. The van der Waals surface area contributed by atoms with E-state index in [2.05, 4.69) is 12.2 Å². The van der Waals surface area contributed by atoms with Crippen LogP contribution >= 0.6 is 0 Å². The molecule has 1 spiro atoms. The van der Waals surface area contributed by atoms with Crippen LogP contribution in [0.3, 0.4) is 0 Å². The van der Waals surface area contributed by atoms with Gasteiger partial charge < -0.3 is 10.1 Å². The van der Waals surface area contributed by atoms with Gasteiger partial charge >= 0.3 is 0 Å². The SMILES string of the molecule is CC(NC1CCOC2(CCCC2)C1)C1CCC1. The molecule has 3 aliphatic rings. The molecule has 2 aliphatic carbocycles. The Morgan fingerprint density at radius 1 is 1.12 bits per heavy atom. The maximum absolute atomic E-state index is 6.10. The lowest BCUT2D eigenvalue weighted by Crippen LogP contribution is -2.50. The van der Waals surface area contributed by atoms with E-state index in [-0.39, 0.29) is 5.60 Å². The highest BCUT2D eigenvalue weighted by Crippen LogP contribution is 2.40. The first-order chi connectivity index (χ1) is 8.27. The Balaban J connectivity index is 1.52. The molecule has 3 fully saturated rings. The molecular formula is C15H27NO. The van der Waals surface area contributed by atoms with Crippen molar-refractivity contribution in [3.05, 3.63) is 0 Å². The van der Waals surface area contributed by atoms with E-state index in [1.165, 1.54) is 57.8 Å². The summed E-state index contributed by atoms with van der Waals surface area (Å²) < 4.78 is 6.10. The minimum atomic E-state index is 0.273. The van der Waals surface area contributed by atoms with Crippen LogP contribution in [0.15, 0.2) is 0 Å². The van der Waals surface area contributed by atoms with Crippen LogP contribution < -0.4 is 5.32 Å². The van der Waals surface area contributed by atoms with Crippen LogP contribution in [0.5, 0.6) is 0 Å². The fourth-order valence-electron chi connectivity index (χ4n) is 3.99. The fraction of sp³-hybridized carbons (Fsp3) is 1.00. The first-order valence-corrected chi connectivity index (χ1v) is 7.67. The van der Waals surface area contributed by atoms with Gasteiger partial charge in [-0.2, -0.15) is 0 Å². The third-order valence-corrected chi connectivity index (χ3v) is 5.36. The van der Waals surface area contributed by atoms with E-state index in [1.807, 2.05) is 0 Å². The summed E-state index contributed by atoms with van der Waals surface area (Å²) in [6.07, 6.45) is 12.2. The molecule has 1 saturated heterocycles. The number of hydrogen-bond donors (Lipinski definition) is 1. The molecule has 1 N–H and O–H groups in total. The summed E-state index contributed by atoms with van der Waals surface area (Å²) in [5, 5.41) is 3.89. The third kappa shape index (κ3) is 2.53. The Hall–Kier alpha value is -0.0800.